The summed E-state index contributed by atoms with van der Waals surface area (Å²) in [5.41, 5.74) is 1.38. The number of anilines is 1. The third-order valence-electron chi connectivity index (χ3n) is 4.28. The fourth-order valence-corrected chi connectivity index (χ4v) is 4.59. The summed E-state index contributed by atoms with van der Waals surface area (Å²) in [4.78, 5) is 20.9. The van der Waals surface area contributed by atoms with Gasteiger partial charge in [0.25, 0.3) is 5.91 Å². The van der Waals surface area contributed by atoms with Gasteiger partial charge in [0.15, 0.2) is 10.9 Å². The van der Waals surface area contributed by atoms with Crippen LogP contribution in [0.1, 0.15) is 23.0 Å². The van der Waals surface area contributed by atoms with Gasteiger partial charge in [-0.25, -0.2) is 18.4 Å². The predicted molar refractivity (Wildman–Crippen MR) is 123 cm³/mol. The van der Waals surface area contributed by atoms with Gasteiger partial charge in [0, 0.05) is 19.3 Å². The van der Waals surface area contributed by atoms with Crippen LogP contribution in [0.3, 0.4) is 0 Å². The van der Waals surface area contributed by atoms with Crippen molar-refractivity contribution in [2.75, 3.05) is 18.1 Å². The zero-order valence-corrected chi connectivity index (χ0v) is 19.3. The van der Waals surface area contributed by atoms with Crippen molar-refractivity contribution < 1.29 is 13.2 Å². The number of hydrogen-bond donors (Lipinski definition) is 1. The van der Waals surface area contributed by atoms with Gasteiger partial charge in [0.1, 0.15) is 0 Å². The molecule has 162 valence electrons. The van der Waals surface area contributed by atoms with E-state index in [0.717, 1.165) is 11.3 Å². The van der Waals surface area contributed by atoms with Gasteiger partial charge >= 0.3 is 0 Å². The first-order valence-electron chi connectivity index (χ1n) is 9.38. The number of benzene rings is 2. The van der Waals surface area contributed by atoms with Crippen molar-refractivity contribution in [3.63, 3.8) is 0 Å². The maximum atomic E-state index is 12.8. The van der Waals surface area contributed by atoms with E-state index in [1.165, 1.54) is 53.6 Å². The summed E-state index contributed by atoms with van der Waals surface area (Å²) in [6.07, 6.45) is 1.39. The van der Waals surface area contributed by atoms with Crippen molar-refractivity contribution >= 4 is 45.0 Å². The molecular formula is C21H21ClN4O3S2. The maximum Gasteiger partial charge on any atom is 0.275 e. The lowest BCUT2D eigenvalue weighted by Crippen LogP contribution is -2.26. The van der Waals surface area contributed by atoms with E-state index in [9.17, 15) is 13.2 Å². The first kappa shape index (κ1) is 23.2. The van der Waals surface area contributed by atoms with E-state index in [4.69, 9.17) is 11.6 Å². The molecule has 0 spiro atoms. The van der Waals surface area contributed by atoms with E-state index < -0.39 is 15.9 Å². The summed E-state index contributed by atoms with van der Waals surface area (Å²) >= 11 is 7.46. The lowest BCUT2D eigenvalue weighted by atomic mass is 10.2. The van der Waals surface area contributed by atoms with Crippen molar-refractivity contribution in [1.82, 2.24) is 14.3 Å². The molecule has 0 saturated heterocycles. The number of nitrogens with zero attached hydrogens (tertiary/aromatic N) is 3. The zero-order chi connectivity index (χ0) is 22.4. The molecule has 3 rings (SSSR count). The van der Waals surface area contributed by atoms with E-state index in [1.807, 2.05) is 37.3 Å². The minimum Gasteiger partial charge on any atom is -0.321 e. The Morgan fingerprint density at radius 3 is 2.45 bits per heavy atom. The highest BCUT2D eigenvalue weighted by atomic mass is 35.5. The van der Waals surface area contributed by atoms with Gasteiger partial charge in [-0.15, -0.1) is 0 Å². The Labute approximate surface area is 190 Å². The summed E-state index contributed by atoms with van der Waals surface area (Å²) in [5, 5.41) is 3.28. The molecule has 1 aromatic heterocycles. The highest BCUT2D eigenvalue weighted by molar-refractivity contribution is 7.99. The SMILES string of the molecule is CCSc1ncc(Cl)c(C(=O)Nc2ccc(S(=O)(=O)N(C)Cc3ccccc3)cc2)n1. The Kier molecular flexibility index (Phi) is 7.66. The molecule has 0 aliphatic rings. The van der Waals surface area contributed by atoms with E-state index in [0.29, 0.717) is 10.8 Å². The number of amides is 1. The van der Waals surface area contributed by atoms with Crippen LogP contribution in [-0.4, -0.2) is 41.4 Å². The minimum absolute atomic E-state index is 0.0620. The fourth-order valence-electron chi connectivity index (χ4n) is 2.71. The number of carbonyl (C=O) groups excluding carboxylic acids is 1. The third-order valence-corrected chi connectivity index (χ3v) is 7.12. The van der Waals surface area contributed by atoms with Crippen molar-refractivity contribution in [2.45, 2.75) is 23.5 Å². The molecule has 0 aliphatic carbocycles. The molecule has 0 bridgehead atoms. The number of halogens is 1. The predicted octanol–water partition coefficient (Wildman–Crippen LogP) is 4.32. The van der Waals surface area contributed by atoms with Gasteiger partial charge in [-0.05, 0) is 35.6 Å². The average molecular weight is 477 g/mol. The van der Waals surface area contributed by atoms with E-state index >= 15 is 0 Å². The summed E-state index contributed by atoms with van der Waals surface area (Å²) in [6.45, 7) is 2.21. The van der Waals surface area contributed by atoms with Crippen LogP contribution in [-0.2, 0) is 16.6 Å². The van der Waals surface area contributed by atoms with Gasteiger partial charge in [0.2, 0.25) is 10.0 Å². The van der Waals surface area contributed by atoms with Crippen LogP contribution in [0.4, 0.5) is 5.69 Å². The molecule has 0 saturated carbocycles. The van der Waals surface area contributed by atoms with Gasteiger partial charge in [0.05, 0.1) is 16.1 Å². The second-order valence-corrected chi connectivity index (χ2v) is 10.2. The van der Waals surface area contributed by atoms with Crippen LogP contribution < -0.4 is 5.32 Å². The number of sulfonamides is 1. The van der Waals surface area contributed by atoms with E-state index in [1.54, 1.807) is 0 Å². The molecular weight excluding hydrogens is 456 g/mol. The molecule has 3 aromatic rings. The van der Waals surface area contributed by atoms with Crippen LogP contribution in [0.15, 0.2) is 70.8 Å². The molecule has 0 aliphatic heterocycles. The van der Waals surface area contributed by atoms with Crippen LogP contribution in [0.5, 0.6) is 0 Å². The van der Waals surface area contributed by atoms with Crippen molar-refractivity contribution in [1.29, 1.82) is 0 Å². The fraction of sp³-hybridized carbons (Fsp3) is 0.190. The first-order valence-corrected chi connectivity index (χ1v) is 12.2. The number of thioether (sulfide) groups is 1. The molecule has 1 heterocycles. The highest BCUT2D eigenvalue weighted by Gasteiger charge is 2.21. The van der Waals surface area contributed by atoms with Crippen LogP contribution in [0.2, 0.25) is 5.02 Å². The molecule has 1 amide bonds. The number of rotatable bonds is 8. The van der Waals surface area contributed by atoms with Gasteiger partial charge in [-0.2, -0.15) is 4.31 Å². The normalized spacial score (nSPS) is 11.5. The summed E-state index contributed by atoms with van der Waals surface area (Å²) in [6, 6.07) is 15.3. The third kappa shape index (κ3) is 5.82. The highest BCUT2D eigenvalue weighted by Crippen LogP contribution is 2.22. The Morgan fingerprint density at radius 2 is 1.81 bits per heavy atom. The molecule has 7 nitrogen and oxygen atoms in total. The summed E-state index contributed by atoms with van der Waals surface area (Å²) in [7, 11) is -2.15. The monoisotopic (exact) mass is 476 g/mol. The number of hydrogen-bond acceptors (Lipinski definition) is 6. The molecule has 1 N–H and O–H groups in total. The molecule has 0 radical (unpaired) electrons. The molecule has 0 unspecified atom stereocenters. The second kappa shape index (κ2) is 10.2. The topological polar surface area (TPSA) is 92.3 Å². The standard InChI is InChI=1S/C21H21ClN4O3S2/c1-3-30-21-23-13-18(22)19(25-21)20(27)24-16-9-11-17(12-10-16)31(28,29)26(2)14-15-7-5-4-6-8-15/h4-13H,3,14H2,1-2H3,(H,24,27). The Morgan fingerprint density at radius 1 is 1.13 bits per heavy atom. The van der Waals surface area contributed by atoms with Gasteiger partial charge in [-0.3, -0.25) is 4.79 Å². The molecule has 2 aromatic carbocycles. The summed E-state index contributed by atoms with van der Waals surface area (Å²) < 4.78 is 27.0. The molecule has 31 heavy (non-hydrogen) atoms. The minimum atomic E-state index is -3.68. The summed E-state index contributed by atoms with van der Waals surface area (Å²) in [5.74, 6) is 0.263. The Balaban J connectivity index is 1.72. The quantitative estimate of drug-likeness (QED) is 0.384. The zero-order valence-electron chi connectivity index (χ0n) is 16.9. The van der Waals surface area contributed by atoms with Gasteiger partial charge in [-0.1, -0.05) is 60.6 Å². The maximum absolute atomic E-state index is 12.8. The smallest absolute Gasteiger partial charge is 0.275 e. The Hall–Kier alpha value is -2.46. The molecule has 0 atom stereocenters. The molecule has 0 fully saturated rings. The van der Waals surface area contributed by atoms with E-state index in [-0.39, 0.29) is 22.2 Å². The largest absolute Gasteiger partial charge is 0.321 e. The van der Waals surface area contributed by atoms with Crippen molar-refractivity contribution in [2.24, 2.45) is 0 Å². The molecule has 10 heteroatoms. The van der Waals surface area contributed by atoms with Crippen LogP contribution >= 0.6 is 23.4 Å². The Bertz CT molecular complexity index is 1160. The first-order chi connectivity index (χ1) is 14.8. The average Bonchev–Trinajstić information content (AvgIpc) is 2.76. The number of aromatic nitrogens is 2. The van der Waals surface area contributed by atoms with Gasteiger partial charge < -0.3 is 5.32 Å². The van der Waals surface area contributed by atoms with Crippen molar-refractivity contribution in [3.8, 4) is 0 Å². The number of carbonyl (C=O) groups is 1. The van der Waals surface area contributed by atoms with Crippen molar-refractivity contribution in [3.05, 3.63) is 77.1 Å². The lowest BCUT2D eigenvalue weighted by Gasteiger charge is -2.17. The van der Waals surface area contributed by atoms with Crippen LogP contribution in [0.25, 0.3) is 0 Å². The van der Waals surface area contributed by atoms with Crippen LogP contribution in [0, 0.1) is 0 Å². The lowest BCUT2D eigenvalue weighted by molar-refractivity contribution is 0.102. The van der Waals surface area contributed by atoms with E-state index in [2.05, 4.69) is 15.3 Å². The second-order valence-electron chi connectivity index (χ2n) is 6.51. The number of nitrogens with one attached hydrogen (secondary N) is 1.